The predicted octanol–water partition coefficient (Wildman–Crippen LogP) is 1.46. The van der Waals surface area contributed by atoms with Gasteiger partial charge in [-0.15, -0.1) is 0 Å². The van der Waals surface area contributed by atoms with Gasteiger partial charge in [0.15, 0.2) is 0 Å². The first-order chi connectivity index (χ1) is 8.55. The van der Waals surface area contributed by atoms with Gasteiger partial charge >= 0.3 is 6.09 Å². The molecule has 6 heteroatoms. The number of hydroxylamine groups is 2. The van der Waals surface area contributed by atoms with Crippen LogP contribution in [0.3, 0.4) is 0 Å². The lowest BCUT2D eigenvalue weighted by atomic mass is 9.76. The van der Waals surface area contributed by atoms with E-state index in [9.17, 15) is 9.59 Å². The van der Waals surface area contributed by atoms with Gasteiger partial charge in [-0.2, -0.15) is 0 Å². The highest BCUT2D eigenvalue weighted by Gasteiger charge is 2.47. The van der Waals surface area contributed by atoms with Crippen molar-refractivity contribution >= 4 is 12.0 Å². The van der Waals surface area contributed by atoms with Crippen molar-refractivity contribution in [1.29, 1.82) is 0 Å². The Balaban J connectivity index is 2.50. The number of likely N-dealkylation sites (N-methyl/N-ethyl adjacent to an activating group) is 1. The third-order valence-corrected chi connectivity index (χ3v) is 3.25. The first-order valence-corrected chi connectivity index (χ1v) is 6.33. The standard InChI is InChI=1S/C12H22N2O4/c1-4-5-9-18-11(16)13-12(7-6-8-12)10(15)14(2)17-3/h4-9H2,1-3H3,(H,13,16). The fraction of sp³-hybridized carbons (Fsp3) is 0.833. The Bertz CT molecular complexity index is 302. The lowest BCUT2D eigenvalue weighted by Crippen LogP contribution is -2.62. The Morgan fingerprint density at radius 3 is 2.50 bits per heavy atom. The van der Waals surface area contributed by atoms with E-state index in [1.807, 2.05) is 6.92 Å². The van der Waals surface area contributed by atoms with Gasteiger partial charge in [0.1, 0.15) is 5.54 Å². The summed E-state index contributed by atoms with van der Waals surface area (Å²) in [5.41, 5.74) is -0.839. The summed E-state index contributed by atoms with van der Waals surface area (Å²) in [5.74, 6) is -0.233. The van der Waals surface area contributed by atoms with Crippen LogP contribution in [0.15, 0.2) is 0 Å². The average molecular weight is 258 g/mol. The van der Waals surface area contributed by atoms with Crippen LogP contribution < -0.4 is 5.32 Å². The molecular formula is C12H22N2O4. The minimum atomic E-state index is -0.839. The lowest BCUT2D eigenvalue weighted by Gasteiger charge is -2.41. The molecular weight excluding hydrogens is 236 g/mol. The van der Waals surface area contributed by atoms with E-state index in [1.165, 1.54) is 14.2 Å². The number of amides is 2. The molecule has 1 saturated carbocycles. The molecule has 0 aliphatic heterocycles. The quantitative estimate of drug-likeness (QED) is 0.578. The van der Waals surface area contributed by atoms with Gasteiger partial charge in [-0.3, -0.25) is 9.63 Å². The van der Waals surface area contributed by atoms with Gasteiger partial charge < -0.3 is 10.1 Å². The maximum atomic E-state index is 12.1. The minimum Gasteiger partial charge on any atom is -0.450 e. The summed E-state index contributed by atoms with van der Waals surface area (Å²) in [4.78, 5) is 28.5. The average Bonchev–Trinajstić information content (AvgIpc) is 2.32. The number of hydrogen-bond donors (Lipinski definition) is 1. The number of carbonyl (C=O) groups excluding carboxylic acids is 2. The van der Waals surface area contributed by atoms with E-state index in [1.54, 1.807) is 0 Å². The highest BCUT2D eigenvalue weighted by atomic mass is 16.7. The van der Waals surface area contributed by atoms with Crippen LogP contribution in [0.25, 0.3) is 0 Å². The van der Waals surface area contributed by atoms with Gasteiger partial charge in [0.05, 0.1) is 13.7 Å². The van der Waals surface area contributed by atoms with Crippen molar-refractivity contribution in [2.75, 3.05) is 20.8 Å². The summed E-state index contributed by atoms with van der Waals surface area (Å²) in [7, 11) is 2.95. The van der Waals surface area contributed by atoms with Crippen molar-refractivity contribution in [3.8, 4) is 0 Å². The van der Waals surface area contributed by atoms with Crippen LogP contribution in [-0.2, 0) is 14.4 Å². The van der Waals surface area contributed by atoms with E-state index in [0.717, 1.165) is 24.3 Å². The van der Waals surface area contributed by atoms with E-state index < -0.39 is 11.6 Å². The summed E-state index contributed by atoms with van der Waals surface area (Å²) >= 11 is 0. The number of hydrogen-bond acceptors (Lipinski definition) is 4. The largest absolute Gasteiger partial charge is 0.450 e. The SMILES string of the molecule is CCCCOC(=O)NC1(C(=O)N(C)OC)CCC1. The van der Waals surface area contributed by atoms with Crippen molar-refractivity contribution in [3.05, 3.63) is 0 Å². The van der Waals surface area contributed by atoms with E-state index in [0.29, 0.717) is 19.4 Å². The van der Waals surface area contributed by atoms with Crippen molar-refractivity contribution in [2.24, 2.45) is 0 Å². The second kappa shape index (κ2) is 6.58. The second-order valence-electron chi connectivity index (χ2n) is 4.54. The smallest absolute Gasteiger partial charge is 0.408 e. The number of ether oxygens (including phenoxy) is 1. The normalized spacial score (nSPS) is 16.6. The number of carbonyl (C=O) groups is 2. The zero-order valence-electron chi connectivity index (χ0n) is 11.3. The summed E-state index contributed by atoms with van der Waals surface area (Å²) < 4.78 is 5.02. The van der Waals surface area contributed by atoms with E-state index in [2.05, 4.69) is 5.32 Å². The molecule has 1 aliphatic carbocycles. The minimum absolute atomic E-state index is 0.233. The zero-order valence-corrected chi connectivity index (χ0v) is 11.3. The number of unbranched alkanes of at least 4 members (excludes halogenated alkanes) is 1. The lowest BCUT2D eigenvalue weighted by molar-refractivity contribution is -0.179. The number of nitrogens with zero attached hydrogens (tertiary/aromatic N) is 1. The van der Waals surface area contributed by atoms with Crippen LogP contribution >= 0.6 is 0 Å². The summed E-state index contributed by atoms with van der Waals surface area (Å²) in [6.45, 7) is 2.40. The van der Waals surface area contributed by atoms with E-state index in [-0.39, 0.29) is 5.91 Å². The predicted molar refractivity (Wildman–Crippen MR) is 65.8 cm³/mol. The molecule has 0 unspecified atom stereocenters. The zero-order chi connectivity index (χ0) is 13.6. The Kier molecular flexibility index (Phi) is 5.40. The van der Waals surface area contributed by atoms with Crippen LogP contribution in [0.2, 0.25) is 0 Å². The molecule has 0 spiro atoms. The van der Waals surface area contributed by atoms with Crippen molar-refractivity contribution in [1.82, 2.24) is 10.4 Å². The molecule has 0 aromatic carbocycles. The molecule has 0 saturated heterocycles. The third-order valence-electron chi connectivity index (χ3n) is 3.25. The molecule has 2 amide bonds. The first-order valence-electron chi connectivity index (χ1n) is 6.33. The van der Waals surface area contributed by atoms with Crippen LogP contribution in [0.5, 0.6) is 0 Å². The van der Waals surface area contributed by atoms with Crippen molar-refractivity contribution in [2.45, 2.75) is 44.6 Å². The molecule has 1 aliphatic rings. The Hall–Kier alpha value is -1.30. The third kappa shape index (κ3) is 3.35. The molecule has 104 valence electrons. The Labute approximate surface area is 108 Å². The van der Waals surface area contributed by atoms with E-state index in [4.69, 9.17) is 9.57 Å². The molecule has 0 heterocycles. The molecule has 1 rings (SSSR count). The van der Waals surface area contributed by atoms with Crippen LogP contribution in [0.4, 0.5) is 4.79 Å². The summed E-state index contributed by atoms with van der Waals surface area (Å²) in [6.07, 6.45) is 3.43. The first kappa shape index (κ1) is 14.8. The van der Waals surface area contributed by atoms with Gasteiger partial charge in [-0.05, 0) is 25.7 Å². The highest BCUT2D eigenvalue weighted by Crippen LogP contribution is 2.33. The summed E-state index contributed by atoms with van der Waals surface area (Å²) in [6, 6.07) is 0. The van der Waals surface area contributed by atoms with Crippen LogP contribution in [-0.4, -0.2) is 43.4 Å². The molecule has 0 bridgehead atoms. The van der Waals surface area contributed by atoms with Gasteiger partial charge in [0, 0.05) is 7.05 Å². The maximum Gasteiger partial charge on any atom is 0.408 e. The fourth-order valence-electron chi connectivity index (χ4n) is 1.85. The fourth-order valence-corrected chi connectivity index (χ4v) is 1.85. The Morgan fingerprint density at radius 1 is 1.39 bits per heavy atom. The molecule has 0 radical (unpaired) electrons. The van der Waals surface area contributed by atoms with E-state index >= 15 is 0 Å². The van der Waals surface area contributed by atoms with Gasteiger partial charge in [0.25, 0.3) is 5.91 Å². The molecule has 1 N–H and O–H groups in total. The molecule has 1 fully saturated rings. The number of nitrogens with one attached hydrogen (secondary N) is 1. The molecule has 0 aromatic rings. The molecule has 0 atom stereocenters. The summed E-state index contributed by atoms with van der Waals surface area (Å²) in [5, 5.41) is 3.82. The van der Waals surface area contributed by atoms with Crippen molar-refractivity contribution in [3.63, 3.8) is 0 Å². The number of alkyl carbamates (subject to hydrolysis) is 1. The van der Waals surface area contributed by atoms with Gasteiger partial charge in [0.2, 0.25) is 0 Å². The maximum absolute atomic E-state index is 12.1. The number of rotatable bonds is 6. The van der Waals surface area contributed by atoms with Gasteiger partial charge in [-0.1, -0.05) is 13.3 Å². The Morgan fingerprint density at radius 2 is 2.06 bits per heavy atom. The second-order valence-corrected chi connectivity index (χ2v) is 4.54. The molecule has 6 nitrogen and oxygen atoms in total. The molecule has 18 heavy (non-hydrogen) atoms. The topological polar surface area (TPSA) is 67.9 Å². The van der Waals surface area contributed by atoms with Crippen LogP contribution in [0, 0.1) is 0 Å². The highest BCUT2D eigenvalue weighted by molar-refractivity contribution is 5.90. The van der Waals surface area contributed by atoms with Gasteiger partial charge in [-0.25, -0.2) is 9.86 Å². The van der Waals surface area contributed by atoms with Crippen molar-refractivity contribution < 1.29 is 19.2 Å². The van der Waals surface area contributed by atoms with Crippen LogP contribution in [0.1, 0.15) is 39.0 Å². The molecule has 0 aromatic heterocycles. The monoisotopic (exact) mass is 258 g/mol.